The smallest absolute Gasteiger partial charge is 0.161 e. The predicted molar refractivity (Wildman–Crippen MR) is 115 cm³/mol. The first-order chi connectivity index (χ1) is 13.1. The van der Waals surface area contributed by atoms with E-state index < -0.39 is 0 Å². The highest BCUT2D eigenvalue weighted by Gasteiger charge is 2.06. The first-order valence-electron chi connectivity index (χ1n) is 9.77. The Morgan fingerprint density at radius 3 is 2.30 bits per heavy atom. The van der Waals surface area contributed by atoms with E-state index in [1.54, 1.807) is 7.11 Å². The summed E-state index contributed by atoms with van der Waals surface area (Å²) in [5.41, 5.74) is 3.14. The number of benzene rings is 2. The number of nitrogens with zero attached hydrogens (tertiary/aromatic N) is 2. The molecular weight excluding hydrogens is 336 g/mol. The van der Waals surface area contributed by atoms with Crippen molar-refractivity contribution in [1.82, 2.24) is 0 Å². The molecule has 0 aliphatic carbocycles. The minimum Gasteiger partial charge on any atom is -0.493 e. The first kappa shape index (κ1) is 20.8. The Bertz CT molecular complexity index is 720. The number of methoxy groups -OCH3 is 1. The zero-order chi connectivity index (χ0) is 19.6. The van der Waals surface area contributed by atoms with Crippen LogP contribution in [0.4, 0.5) is 11.4 Å². The summed E-state index contributed by atoms with van der Waals surface area (Å²) in [5, 5.41) is 0. The van der Waals surface area contributed by atoms with E-state index in [-0.39, 0.29) is 0 Å². The van der Waals surface area contributed by atoms with Gasteiger partial charge < -0.3 is 14.4 Å². The van der Waals surface area contributed by atoms with Gasteiger partial charge in [-0.3, -0.25) is 4.99 Å². The van der Waals surface area contributed by atoms with Gasteiger partial charge in [0, 0.05) is 25.0 Å². The van der Waals surface area contributed by atoms with Crippen LogP contribution in [0.2, 0.25) is 0 Å². The van der Waals surface area contributed by atoms with Crippen LogP contribution in [0.5, 0.6) is 11.5 Å². The fourth-order valence-electron chi connectivity index (χ4n) is 2.78. The maximum Gasteiger partial charge on any atom is 0.161 e. The highest BCUT2D eigenvalue weighted by atomic mass is 16.5. The summed E-state index contributed by atoms with van der Waals surface area (Å²) >= 11 is 0. The lowest BCUT2D eigenvalue weighted by atomic mass is 10.1. The van der Waals surface area contributed by atoms with Gasteiger partial charge in [0.05, 0.1) is 19.4 Å². The van der Waals surface area contributed by atoms with Crippen molar-refractivity contribution in [3.63, 3.8) is 0 Å². The van der Waals surface area contributed by atoms with Crippen molar-refractivity contribution in [3.8, 4) is 11.5 Å². The van der Waals surface area contributed by atoms with E-state index in [2.05, 4.69) is 49.7 Å². The highest BCUT2D eigenvalue weighted by molar-refractivity contribution is 5.83. The average molecular weight is 369 g/mol. The third kappa shape index (κ3) is 6.31. The molecule has 0 aliphatic heterocycles. The van der Waals surface area contributed by atoms with E-state index >= 15 is 0 Å². The van der Waals surface area contributed by atoms with Gasteiger partial charge in [-0.25, -0.2) is 0 Å². The SMILES string of the molecule is CCN(CC)c1ccc(N=Cc2ccc(OCCC(C)C)c(OC)c2)cc1. The molecular formula is C23H32N2O2. The molecule has 0 atom stereocenters. The topological polar surface area (TPSA) is 34.1 Å². The number of rotatable bonds is 10. The molecule has 146 valence electrons. The van der Waals surface area contributed by atoms with E-state index in [1.165, 1.54) is 5.69 Å². The Morgan fingerprint density at radius 1 is 1.00 bits per heavy atom. The molecule has 0 fully saturated rings. The van der Waals surface area contributed by atoms with Crippen LogP contribution < -0.4 is 14.4 Å². The fourth-order valence-corrected chi connectivity index (χ4v) is 2.78. The van der Waals surface area contributed by atoms with E-state index in [9.17, 15) is 0 Å². The lowest BCUT2D eigenvalue weighted by Gasteiger charge is -2.20. The second-order valence-corrected chi connectivity index (χ2v) is 6.89. The summed E-state index contributed by atoms with van der Waals surface area (Å²) in [7, 11) is 1.66. The fraction of sp³-hybridized carbons (Fsp3) is 0.435. The lowest BCUT2D eigenvalue weighted by molar-refractivity contribution is 0.273. The van der Waals surface area contributed by atoms with Gasteiger partial charge >= 0.3 is 0 Å². The van der Waals surface area contributed by atoms with Crippen LogP contribution in [-0.2, 0) is 0 Å². The summed E-state index contributed by atoms with van der Waals surface area (Å²) < 4.78 is 11.3. The molecule has 2 aromatic carbocycles. The Kier molecular flexibility index (Phi) is 8.18. The molecule has 0 heterocycles. The zero-order valence-corrected chi connectivity index (χ0v) is 17.2. The normalized spacial score (nSPS) is 11.2. The Labute approximate surface area is 163 Å². The third-order valence-corrected chi connectivity index (χ3v) is 4.48. The zero-order valence-electron chi connectivity index (χ0n) is 17.2. The molecule has 0 saturated heterocycles. The van der Waals surface area contributed by atoms with E-state index in [0.717, 1.165) is 42.3 Å². The van der Waals surface area contributed by atoms with E-state index in [1.807, 2.05) is 36.5 Å². The van der Waals surface area contributed by atoms with Crippen molar-refractivity contribution < 1.29 is 9.47 Å². The molecule has 0 amide bonds. The standard InChI is InChI=1S/C23H32N2O2/c1-6-25(7-2)21-11-9-20(10-12-21)24-17-19-8-13-22(23(16-19)26-5)27-15-14-18(3)4/h8-13,16-18H,6-7,14-15H2,1-5H3. The molecule has 2 rings (SSSR count). The van der Waals surface area contributed by atoms with Gasteiger partial charge in [0.15, 0.2) is 11.5 Å². The van der Waals surface area contributed by atoms with Gasteiger partial charge in [-0.15, -0.1) is 0 Å². The maximum absolute atomic E-state index is 5.84. The Morgan fingerprint density at radius 2 is 1.70 bits per heavy atom. The van der Waals surface area contributed by atoms with Gasteiger partial charge in [-0.2, -0.15) is 0 Å². The monoisotopic (exact) mass is 368 g/mol. The maximum atomic E-state index is 5.84. The number of aliphatic imine (C=N–C) groups is 1. The predicted octanol–water partition coefficient (Wildman–Crippen LogP) is 5.72. The van der Waals surface area contributed by atoms with Crippen LogP contribution in [0.25, 0.3) is 0 Å². The van der Waals surface area contributed by atoms with Crippen LogP contribution in [0, 0.1) is 5.92 Å². The molecule has 4 heteroatoms. The second-order valence-electron chi connectivity index (χ2n) is 6.89. The van der Waals surface area contributed by atoms with Crippen LogP contribution in [0.15, 0.2) is 47.5 Å². The molecule has 0 bridgehead atoms. The molecule has 0 N–H and O–H groups in total. The van der Waals surface area contributed by atoms with Gasteiger partial charge in [0.2, 0.25) is 0 Å². The summed E-state index contributed by atoms with van der Waals surface area (Å²) in [6, 6.07) is 14.2. The van der Waals surface area contributed by atoms with Crippen molar-refractivity contribution in [2.24, 2.45) is 10.9 Å². The summed E-state index contributed by atoms with van der Waals surface area (Å²) in [4.78, 5) is 6.89. The number of anilines is 1. The Hall–Kier alpha value is -2.49. The minimum absolute atomic E-state index is 0.621. The number of hydrogen-bond acceptors (Lipinski definition) is 4. The molecule has 0 aromatic heterocycles. The molecule has 0 radical (unpaired) electrons. The van der Waals surface area contributed by atoms with Crippen LogP contribution >= 0.6 is 0 Å². The molecule has 4 nitrogen and oxygen atoms in total. The van der Waals surface area contributed by atoms with E-state index in [4.69, 9.17) is 9.47 Å². The van der Waals surface area contributed by atoms with Crippen molar-refractivity contribution in [2.45, 2.75) is 34.1 Å². The minimum atomic E-state index is 0.621. The van der Waals surface area contributed by atoms with E-state index in [0.29, 0.717) is 12.5 Å². The van der Waals surface area contributed by atoms with Gasteiger partial charge in [-0.05, 0) is 74.2 Å². The molecule has 0 spiro atoms. The van der Waals surface area contributed by atoms with Crippen LogP contribution in [0.1, 0.15) is 39.7 Å². The van der Waals surface area contributed by atoms with Gasteiger partial charge in [0.1, 0.15) is 0 Å². The van der Waals surface area contributed by atoms with Crippen LogP contribution in [-0.4, -0.2) is 33.0 Å². The van der Waals surface area contributed by atoms with Gasteiger partial charge in [0.25, 0.3) is 0 Å². The summed E-state index contributed by atoms with van der Waals surface area (Å²) in [6.45, 7) is 11.4. The lowest BCUT2D eigenvalue weighted by Crippen LogP contribution is -2.21. The molecule has 0 saturated carbocycles. The number of ether oxygens (including phenoxy) is 2. The molecule has 27 heavy (non-hydrogen) atoms. The molecule has 0 aliphatic rings. The highest BCUT2D eigenvalue weighted by Crippen LogP contribution is 2.28. The van der Waals surface area contributed by atoms with Crippen molar-refractivity contribution >= 4 is 17.6 Å². The summed E-state index contributed by atoms with van der Waals surface area (Å²) in [6.07, 6.45) is 2.88. The van der Waals surface area contributed by atoms with Crippen molar-refractivity contribution in [1.29, 1.82) is 0 Å². The second kappa shape index (κ2) is 10.6. The quantitative estimate of drug-likeness (QED) is 0.503. The van der Waals surface area contributed by atoms with Crippen molar-refractivity contribution in [2.75, 3.05) is 31.7 Å². The van der Waals surface area contributed by atoms with Crippen LogP contribution in [0.3, 0.4) is 0 Å². The van der Waals surface area contributed by atoms with Crippen molar-refractivity contribution in [3.05, 3.63) is 48.0 Å². The average Bonchev–Trinajstić information content (AvgIpc) is 2.68. The summed E-state index contributed by atoms with van der Waals surface area (Å²) in [5.74, 6) is 2.13. The molecule has 0 unspecified atom stereocenters. The van der Waals surface area contributed by atoms with Gasteiger partial charge in [-0.1, -0.05) is 13.8 Å². The third-order valence-electron chi connectivity index (χ3n) is 4.48. The number of hydrogen-bond donors (Lipinski definition) is 0. The Balaban J connectivity index is 2.05. The molecule has 2 aromatic rings. The first-order valence-corrected chi connectivity index (χ1v) is 9.77. The largest absolute Gasteiger partial charge is 0.493 e.